The Balaban J connectivity index is 2.38. The molecule has 0 heteroatoms. The molecule has 0 saturated heterocycles. The van der Waals surface area contributed by atoms with E-state index in [0.717, 1.165) is 0 Å². The van der Waals surface area contributed by atoms with E-state index in [0.29, 0.717) is 11.8 Å². The van der Waals surface area contributed by atoms with Gasteiger partial charge in [0.2, 0.25) is 0 Å². The summed E-state index contributed by atoms with van der Waals surface area (Å²) in [7, 11) is 0. The van der Waals surface area contributed by atoms with Gasteiger partial charge in [-0.1, -0.05) is 48.6 Å². The van der Waals surface area contributed by atoms with Crippen molar-refractivity contribution in [3.05, 3.63) is 48.6 Å². The molecule has 50 valence electrons. The number of allylic oxidation sites excluding steroid dienone is 8. The first kappa shape index (κ1) is 5.72. The fourth-order valence-electron chi connectivity index (χ4n) is 1.28. The van der Waals surface area contributed by atoms with Crippen molar-refractivity contribution in [3.8, 4) is 0 Å². The average Bonchev–Trinajstić information content (AvgIpc) is 1.89. The molecule has 0 spiro atoms. The quantitative estimate of drug-likeness (QED) is 0.442. The molecular weight excluding hydrogens is 120 g/mol. The predicted octanol–water partition coefficient (Wildman–Crippen LogP) is 2.47. The van der Waals surface area contributed by atoms with E-state index in [-0.39, 0.29) is 0 Å². The first-order chi connectivity index (χ1) is 4.95. The van der Waals surface area contributed by atoms with Gasteiger partial charge in [0.1, 0.15) is 0 Å². The maximum atomic E-state index is 2.24. The van der Waals surface area contributed by atoms with Crippen LogP contribution in [0, 0.1) is 11.8 Å². The van der Waals surface area contributed by atoms with Gasteiger partial charge in [0, 0.05) is 11.8 Å². The van der Waals surface area contributed by atoms with Crippen molar-refractivity contribution in [1.29, 1.82) is 0 Å². The van der Waals surface area contributed by atoms with Gasteiger partial charge < -0.3 is 0 Å². The molecule has 3 rings (SSSR count). The van der Waals surface area contributed by atoms with Crippen LogP contribution in [0.3, 0.4) is 0 Å². The van der Waals surface area contributed by atoms with Gasteiger partial charge in [-0.25, -0.2) is 0 Å². The molecule has 0 aromatic heterocycles. The van der Waals surface area contributed by atoms with Crippen molar-refractivity contribution in [2.24, 2.45) is 11.8 Å². The topological polar surface area (TPSA) is 0 Å². The monoisotopic (exact) mass is 130 g/mol. The molecule has 0 radical (unpaired) electrons. The lowest BCUT2D eigenvalue weighted by molar-refractivity contribution is 0.929. The lowest BCUT2D eigenvalue weighted by Gasteiger charge is -2.12. The van der Waals surface area contributed by atoms with Gasteiger partial charge in [-0.15, -0.1) is 0 Å². The van der Waals surface area contributed by atoms with E-state index in [9.17, 15) is 0 Å². The fourth-order valence-corrected chi connectivity index (χ4v) is 1.28. The van der Waals surface area contributed by atoms with Crippen LogP contribution in [0.25, 0.3) is 0 Å². The third-order valence-electron chi connectivity index (χ3n) is 1.89. The number of fused-ring (bicyclic) bond motifs is 1. The maximum Gasteiger partial charge on any atom is 0.0131 e. The molecule has 0 N–H and O–H groups in total. The molecule has 0 aromatic carbocycles. The van der Waals surface area contributed by atoms with Crippen molar-refractivity contribution >= 4 is 0 Å². The summed E-state index contributed by atoms with van der Waals surface area (Å²) in [6, 6.07) is 0. The summed E-state index contributed by atoms with van der Waals surface area (Å²) in [5.41, 5.74) is 0. The first-order valence-electron chi connectivity index (χ1n) is 3.67. The van der Waals surface area contributed by atoms with Crippen LogP contribution in [-0.2, 0) is 0 Å². The van der Waals surface area contributed by atoms with Crippen LogP contribution in [0.15, 0.2) is 48.6 Å². The van der Waals surface area contributed by atoms with Crippen LogP contribution in [0.5, 0.6) is 0 Å². The SMILES string of the molecule is C1=CC2C=CC(C=C2)/C=C\1. The van der Waals surface area contributed by atoms with Crippen LogP contribution >= 0.6 is 0 Å². The van der Waals surface area contributed by atoms with Crippen LogP contribution in [0.1, 0.15) is 0 Å². The fraction of sp³-hybridized carbons (Fsp3) is 0.200. The van der Waals surface area contributed by atoms with Gasteiger partial charge in [0.15, 0.2) is 0 Å². The van der Waals surface area contributed by atoms with Crippen LogP contribution in [-0.4, -0.2) is 0 Å². The molecule has 0 aromatic rings. The third-order valence-corrected chi connectivity index (χ3v) is 1.89. The Morgan fingerprint density at radius 1 is 0.500 bits per heavy atom. The lowest BCUT2D eigenvalue weighted by atomic mass is 9.93. The zero-order valence-corrected chi connectivity index (χ0v) is 5.77. The molecule has 0 saturated carbocycles. The Morgan fingerprint density at radius 3 is 1.30 bits per heavy atom. The largest absolute Gasteiger partial charge is 0.0769 e. The molecule has 0 aliphatic heterocycles. The van der Waals surface area contributed by atoms with E-state index in [2.05, 4.69) is 48.6 Å². The minimum absolute atomic E-state index is 0.543. The molecule has 3 aliphatic rings. The highest BCUT2D eigenvalue weighted by molar-refractivity contribution is 5.27. The molecule has 0 unspecified atom stereocenters. The van der Waals surface area contributed by atoms with Crippen molar-refractivity contribution in [2.75, 3.05) is 0 Å². The number of rotatable bonds is 0. The summed E-state index contributed by atoms with van der Waals surface area (Å²) in [6.45, 7) is 0. The predicted molar refractivity (Wildman–Crippen MR) is 43.5 cm³/mol. The molecule has 2 bridgehead atoms. The summed E-state index contributed by atoms with van der Waals surface area (Å²) in [6.07, 6.45) is 17.6. The third kappa shape index (κ3) is 0.971. The summed E-state index contributed by atoms with van der Waals surface area (Å²) in [5, 5.41) is 0. The summed E-state index contributed by atoms with van der Waals surface area (Å²) < 4.78 is 0. The minimum Gasteiger partial charge on any atom is -0.0769 e. The molecule has 0 fully saturated rings. The van der Waals surface area contributed by atoms with Crippen LogP contribution in [0.4, 0.5) is 0 Å². The maximum absolute atomic E-state index is 2.24. The van der Waals surface area contributed by atoms with Gasteiger partial charge >= 0.3 is 0 Å². The van der Waals surface area contributed by atoms with Crippen LogP contribution < -0.4 is 0 Å². The van der Waals surface area contributed by atoms with Crippen molar-refractivity contribution < 1.29 is 0 Å². The van der Waals surface area contributed by atoms with E-state index >= 15 is 0 Å². The van der Waals surface area contributed by atoms with E-state index in [4.69, 9.17) is 0 Å². The molecule has 0 amide bonds. The van der Waals surface area contributed by atoms with E-state index in [1.165, 1.54) is 0 Å². The molecule has 3 aliphatic carbocycles. The normalized spacial score (nSPS) is 37.6. The lowest BCUT2D eigenvalue weighted by Crippen LogP contribution is -1.98. The Labute approximate surface area is 61.3 Å². The highest BCUT2D eigenvalue weighted by Gasteiger charge is 2.04. The second kappa shape index (κ2) is 2.30. The van der Waals surface area contributed by atoms with Gasteiger partial charge in [-0.05, 0) is 0 Å². The highest BCUT2D eigenvalue weighted by atomic mass is 14.1. The zero-order chi connectivity index (χ0) is 6.81. The molecule has 0 heterocycles. The Kier molecular flexibility index (Phi) is 1.31. The standard InChI is InChI=1S/C10H10/c1-2-4-10-7-5-9(3-1)6-8-10/h1-10H/b3-1-,4-2?. The average molecular weight is 130 g/mol. The molecule has 10 heavy (non-hydrogen) atoms. The van der Waals surface area contributed by atoms with Gasteiger partial charge in [-0.2, -0.15) is 0 Å². The summed E-state index contributed by atoms with van der Waals surface area (Å²) >= 11 is 0. The van der Waals surface area contributed by atoms with Gasteiger partial charge in [0.25, 0.3) is 0 Å². The Hall–Kier alpha value is -1.04. The molecule has 0 nitrogen and oxygen atoms in total. The van der Waals surface area contributed by atoms with Gasteiger partial charge in [-0.3, -0.25) is 0 Å². The second-order valence-corrected chi connectivity index (χ2v) is 2.69. The smallest absolute Gasteiger partial charge is 0.0131 e. The Morgan fingerprint density at radius 2 is 0.900 bits per heavy atom. The second-order valence-electron chi connectivity index (χ2n) is 2.69. The molecular formula is C10H10. The van der Waals surface area contributed by atoms with E-state index in [1.54, 1.807) is 0 Å². The summed E-state index contributed by atoms with van der Waals surface area (Å²) in [5.74, 6) is 1.09. The van der Waals surface area contributed by atoms with E-state index in [1.807, 2.05) is 0 Å². The van der Waals surface area contributed by atoms with Crippen molar-refractivity contribution in [2.45, 2.75) is 0 Å². The minimum atomic E-state index is 0.543. The van der Waals surface area contributed by atoms with Crippen molar-refractivity contribution in [1.82, 2.24) is 0 Å². The Bertz CT molecular complexity index is 190. The highest BCUT2D eigenvalue weighted by Crippen LogP contribution is 2.18. The van der Waals surface area contributed by atoms with Gasteiger partial charge in [0.05, 0.1) is 0 Å². The van der Waals surface area contributed by atoms with Crippen LogP contribution in [0.2, 0.25) is 0 Å². The molecule has 0 atom stereocenters. The zero-order valence-electron chi connectivity index (χ0n) is 5.77. The summed E-state index contributed by atoms with van der Waals surface area (Å²) in [4.78, 5) is 0. The van der Waals surface area contributed by atoms with E-state index < -0.39 is 0 Å². The number of hydrogen-bond donors (Lipinski definition) is 0. The first-order valence-corrected chi connectivity index (χ1v) is 3.67. The number of hydrogen-bond acceptors (Lipinski definition) is 0. The van der Waals surface area contributed by atoms with Crippen molar-refractivity contribution in [3.63, 3.8) is 0 Å².